The van der Waals surface area contributed by atoms with E-state index in [4.69, 9.17) is 4.74 Å². The Morgan fingerprint density at radius 2 is 1.71 bits per heavy atom. The van der Waals surface area contributed by atoms with Gasteiger partial charge in [0.05, 0.1) is 36.9 Å². The van der Waals surface area contributed by atoms with Crippen molar-refractivity contribution in [1.29, 1.82) is 0 Å². The van der Waals surface area contributed by atoms with E-state index in [-0.39, 0.29) is 6.42 Å². The topological polar surface area (TPSA) is 65.7 Å². The Bertz CT molecular complexity index is 1320. The van der Waals surface area contributed by atoms with Gasteiger partial charge in [0.15, 0.2) is 0 Å². The highest BCUT2D eigenvalue weighted by molar-refractivity contribution is 5.59. The van der Waals surface area contributed by atoms with Gasteiger partial charge in [0.25, 0.3) is 0 Å². The molecule has 9 heteroatoms. The van der Waals surface area contributed by atoms with Crippen LogP contribution >= 0.6 is 0 Å². The van der Waals surface area contributed by atoms with Crippen LogP contribution in [0.25, 0.3) is 17.1 Å². The molecule has 4 rings (SSSR count). The quantitative estimate of drug-likeness (QED) is 0.327. The molecule has 3 heterocycles. The zero-order valence-corrected chi connectivity index (χ0v) is 20.0. The van der Waals surface area contributed by atoms with Crippen molar-refractivity contribution in [3.8, 4) is 23.0 Å². The van der Waals surface area contributed by atoms with Gasteiger partial charge in [-0.05, 0) is 62.4 Å². The van der Waals surface area contributed by atoms with Gasteiger partial charge in [-0.1, -0.05) is 29.8 Å². The number of nitrogens with zero attached hydrogens (tertiary/aromatic N) is 5. The third kappa shape index (κ3) is 5.85. The van der Waals surface area contributed by atoms with Gasteiger partial charge < -0.3 is 9.30 Å². The van der Waals surface area contributed by atoms with E-state index in [1.165, 1.54) is 7.11 Å². The van der Waals surface area contributed by atoms with Gasteiger partial charge in [0.2, 0.25) is 5.88 Å². The molecule has 3 aromatic heterocycles. The van der Waals surface area contributed by atoms with Crippen molar-refractivity contribution in [2.45, 2.75) is 45.7 Å². The van der Waals surface area contributed by atoms with Crippen molar-refractivity contribution < 1.29 is 17.9 Å². The summed E-state index contributed by atoms with van der Waals surface area (Å²) in [6.45, 7) is 5.62. The molecule has 0 unspecified atom stereocenters. The molecule has 0 aliphatic carbocycles. The van der Waals surface area contributed by atoms with Gasteiger partial charge in [0.1, 0.15) is 11.4 Å². The monoisotopic (exact) mass is 481 g/mol. The predicted molar refractivity (Wildman–Crippen MR) is 127 cm³/mol. The largest absolute Gasteiger partial charge is 0.479 e. The second-order valence-electron chi connectivity index (χ2n) is 8.64. The lowest BCUT2D eigenvalue weighted by Crippen LogP contribution is -2.17. The number of pyridine rings is 1. The normalized spacial score (nSPS) is 12.5. The van der Waals surface area contributed by atoms with E-state index in [2.05, 4.69) is 20.2 Å². The van der Waals surface area contributed by atoms with Gasteiger partial charge in [0, 0.05) is 6.20 Å². The Kier molecular flexibility index (Phi) is 6.86. The zero-order chi connectivity index (χ0) is 25.2. The number of rotatable bonds is 7. The SMILES string of the molecule is COc1nc(-c2cc(C)c(C[C@@H](CC(F)(F)F)c3ccc(C)cc3)nn2)ccc1-n1cnc(C)c1. The first-order valence-electron chi connectivity index (χ1n) is 11.2. The van der Waals surface area contributed by atoms with Crippen LogP contribution in [0.15, 0.2) is 55.0 Å². The van der Waals surface area contributed by atoms with Crippen LogP contribution in [0.3, 0.4) is 0 Å². The molecule has 4 aromatic rings. The molecule has 1 atom stereocenters. The van der Waals surface area contributed by atoms with Crippen molar-refractivity contribution in [3.05, 3.63) is 83.1 Å². The lowest BCUT2D eigenvalue weighted by atomic mass is 9.89. The molecule has 0 bridgehead atoms. The van der Waals surface area contributed by atoms with Crippen molar-refractivity contribution in [2.75, 3.05) is 7.11 Å². The van der Waals surface area contributed by atoms with Crippen LogP contribution in [0.4, 0.5) is 13.2 Å². The number of methoxy groups -OCH3 is 1. The van der Waals surface area contributed by atoms with Crippen LogP contribution in [0.5, 0.6) is 5.88 Å². The highest BCUT2D eigenvalue weighted by atomic mass is 19.4. The Hall–Kier alpha value is -3.75. The van der Waals surface area contributed by atoms with E-state index >= 15 is 0 Å². The van der Waals surface area contributed by atoms with Crippen molar-refractivity contribution in [2.24, 2.45) is 0 Å². The number of alkyl halides is 3. The highest BCUT2D eigenvalue weighted by Gasteiger charge is 2.33. The van der Waals surface area contributed by atoms with Crippen LogP contribution in [0.2, 0.25) is 0 Å². The fourth-order valence-electron chi connectivity index (χ4n) is 3.97. The van der Waals surface area contributed by atoms with Crippen LogP contribution in [0, 0.1) is 20.8 Å². The summed E-state index contributed by atoms with van der Waals surface area (Å²) in [6.07, 6.45) is -1.53. The van der Waals surface area contributed by atoms with Gasteiger partial charge >= 0.3 is 6.18 Å². The van der Waals surface area contributed by atoms with Gasteiger partial charge in [-0.2, -0.15) is 18.3 Å². The predicted octanol–water partition coefficient (Wildman–Crippen LogP) is 5.94. The average molecular weight is 482 g/mol. The zero-order valence-electron chi connectivity index (χ0n) is 20.0. The van der Waals surface area contributed by atoms with E-state index in [9.17, 15) is 13.2 Å². The van der Waals surface area contributed by atoms with Gasteiger partial charge in [-0.15, -0.1) is 5.10 Å². The summed E-state index contributed by atoms with van der Waals surface area (Å²) in [4.78, 5) is 8.79. The maximum Gasteiger partial charge on any atom is 0.389 e. The van der Waals surface area contributed by atoms with Gasteiger partial charge in [-0.25, -0.2) is 9.97 Å². The third-order valence-corrected chi connectivity index (χ3v) is 5.84. The molecular formula is C26H26F3N5O. The standard InChI is InChI=1S/C26H26F3N5O/c1-16-5-7-19(8-6-16)20(13-26(27,28)29)12-22-17(2)11-23(33-32-22)21-9-10-24(25(31-21)35-4)34-14-18(3)30-15-34/h5-11,14-15,20H,12-13H2,1-4H3/t20-/m0/s1. The molecule has 0 fully saturated rings. The van der Waals surface area contributed by atoms with E-state index in [1.807, 2.05) is 49.7 Å². The molecule has 0 aliphatic rings. The maximum atomic E-state index is 13.3. The minimum Gasteiger partial charge on any atom is -0.479 e. The average Bonchev–Trinajstić information content (AvgIpc) is 3.25. The number of aryl methyl sites for hydroxylation is 3. The molecule has 0 saturated carbocycles. The molecule has 0 radical (unpaired) electrons. The molecular weight excluding hydrogens is 455 g/mol. The number of aromatic nitrogens is 5. The van der Waals surface area contributed by atoms with Crippen LogP contribution in [-0.4, -0.2) is 38.0 Å². The number of benzene rings is 1. The number of halogens is 3. The summed E-state index contributed by atoms with van der Waals surface area (Å²) in [5.74, 6) is -0.348. The first-order chi connectivity index (χ1) is 16.6. The first-order valence-corrected chi connectivity index (χ1v) is 11.2. The molecule has 0 saturated heterocycles. The lowest BCUT2D eigenvalue weighted by Gasteiger charge is -2.20. The molecule has 182 valence electrons. The number of hydrogen-bond donors (Lipinski definition) is 0. The Labute approximate surface area is 201 Å². The minimum atomic E-state index is -4.28. The first kappa shape index (κ1) is 24.4. The molecule has 0 spiro atoms. The molecule has 0 N–H and O–H groups in total. The molecule has 0 aliphatic heterocycles. The summed E-state index contributed by atoms with van der Waals surface area (Å²) in [5.41, 5.74) is 5.57. The summed E-state index contributed by atoms with van der Waals surface area (Å²) in [7, 11) is 1.53. The molecule has 6 nitrogen and oxygen atoms in total. The fourth-order valence-corrected chi connectivity index (χ4v) is 3.97. The number of hydrogen-bond acceptors (Lipinski definition) is 5. The van der Waals surface area contributed by atoms with Crippen molar-refractivity contribution in [1.82, 2.24) is 24.7 Å². The summed E-state index contributed by atoms with van der Waals surface area (Å²) < 4.78 is 47.3. The van der Waals surface area contributed by atoms with Gasteiger partial charge in [-0.3, -0.25) is 0 Å². The van der Waals surface area contributed by atoms with Crippen LogP contribution < -0.4 is 4.74 Å². The van der Waals surface area contributed by atoms with Crippen LogP contribution in [0.1, 0.15) is 40.4 Å². The second-order valence-corrected chi connectivity index (χ2v) is 8.64. The van der Waals surface area contributed by atoms with E-state index in [0.717, 1.165) is 22.5 Å². The lowest BCUT2D eigenvalue weighted by molar-refractivity contribution is -0.138. The second kappa shape index (κ2) is 9.85. The summed E-state index contributed by atoms with van der Waals surface area (Å²) in [5, 5.41) is 8.57. The van der Waals surface area contributed by atoms with Crippen molar-refractivity contribution in [3.63, 3.8) is 0 Å². The Balaban J connectivity index is 1.61. The third-order valence-electron chi connectivity index (χ3n) is 5.84. The highest BCUT2D eigenvalue weighted by Crippen LogP contribution is 2.34. The summed E-state index contributed by atoms with van der Waals surface area (Å²) >= 11 is 0. The molecule has 35 heavy (non-hydrogen) atoms. The molecule has 1 aromatic carbocycles. The van der Waals surface area contributed by atoms with E-state index in [1.54, 1.807) is 30.6 Å². The smallest absolute Gasteiger partial charge is 0.389 e. The Morgan fingerprint density at radius 3 is 2.31 bits per heavy atom. The Morgan fingerprint density at radius 1 is 0.971 bits per heavy atom. The van der Waals surface area contributed by atoms with Crippen molar-refractivity contribution >= 4 is 0 Å². The van der Waals surface area contributed by atoms with Crippen LogP contribution in [-0.2, 0) is 6.42 Å². The number of ether oxygens (including phenoxy) is 1. The molecule has 0 amide bonds. The summed E-state index contributed by atoms with van der Waals surface area (Å²) in [6, 6.07) is 12.6. The fraction of sp³-hybridized carbons (Fsp3) is 0.308. The minimum absolute atomic E-state index is 0.136. The van der Waals surface area contributed by atoms with E-state index < -0.39 is 18.5 Å². The number of imidazole rings is 1. The maximum absolute atomic E-state index is 13.3. The van der Waals surface area contributed by atoms with E-state index in [0.29, 0.717) is 28.5 Å².